The molecular weight excluding hydrogens is 239 g/mol. The van der Waals surface area contributed by atoms with Crippen LogP contribution in [0.15, 0.2) is 12.3 Å². The second-order valence-corrected chi connectivity index (χ2v) is 5.73. The maximum absolute atomic E-state index is 13.1. The molecule has 1 aromatic heterocycles. The Hall–Kier alpha value is -0.830. The van der Waals surface area contributed by atoms with Crippen molar-refractivity contribution in [2.45, 2.75) is 32.6 Å². The van der Waals surface area contributed by atoms with Crippen LogP contribution in [-0.4, -0.2) is 18.1 Å². The van der Waals surface area contributed by atoms with Gasteiger partial charge in [-0.25, -0.2) is 9.37 Å². The summed E-state index contributed by atoms with van der Waals surface area (Å²) in [5.41, 5.74) is 1.07. The van der Waals surface area contributed by atoms with E-state index in [1.165, 1.54) is 18.7 Å². The molecule has 0 atom stereocenters. The molecular formula is C13H18ClFN2. The summed E-state index contributed by atoms with van der Waals surface area (Å²) in [6.07, 6.45) is 3.64. The van der Waals surface area contributed by atoms with Gasteiger partial charge in [0.05, 0.1) is 12.1 Å². The highest BCUT2D eigenvalue weighted by atomic mass is 35.5. The smallest absolute Gasteiger partial charge is 0.141 e. The number of aromatic nitrogens is 1. The Kier molecular flexibility index (Phi) is 3.57. The lowest BCUT2D eigenvalue weighted by atomic mass is 9.84. The third-order valence-electron chi connectivity index (χ3n) is 3.25. The van der Waals surface area contributed by atoms with Gasteiger partial charge in [-0.1, -0.05) is 13.8 Å². The minimum absolute atomic E-state index is 0.290. The third-order valence-corrected chi connectivity index (χ3v) is 3.54. The first-order valence-corrected chi connectivity index (χ1v) is 6.51. The average Bonchev–Trinajstić information content (AvgIpc) is 2.27. The fourth-order valence-electron chi connectivity index (χ4n) is 2.46. The average molecular weight is 257 g/mol. The molecule has 0 aromatic carbocycles. The molecule has 17 heavy (non-hydrogen) atoms. The van der Waals surface area contributed by atoms with Crippen LogP contribution in [0.3, 0.4) is 0 Å². The van der Waals surface area contributed by atoms with Crippen LogP contribution >= 0.6 is 11.6 Å². The van der Waals surface area contributed by atoms with E-state index in [-0.39, 0.29) is 11.2 Å². The third kappa shape index (κ3) is 2.89. The van der Waals surface area contributed by atoms with Gasteiger partial charge >= 0.3 is 0 Å². The van der Waals surface area contributed by atoms with Crippen molar-refractivity contribution in [2.75, 3.05) is 18.0 Å². The fraction of sp³-hybridized carbons (Fsp3) is 0.615. The van der Waals surface area contributed by atoms with Gasteiger partial charge in [-0.15, -0.1) is 11.6 Å². The molecule has 1 aromatic rings. The van der Waals surface area contributed by atoms with Crippen molar-refractivity contribution < 1.29 is 4.39 Å². The number of alkyl halides is 1. The van der Waals surface area contributed by atoms with Crippen molar-refractivity contribution >= 4 is 17.4 Å². The van der Waals surface area contributed by atoms with Crippen LogP contribution in [0.2, 0.25) is 0 Å². The zero-order valence-electron chi connectivity index (χ0n) is 10.3. The second kappa shape index (κ2) is 4.81. The van der Waals surface area contributed by atoms with E-state index in [9.17, 15) is 4.39 Å². The number of pyridine rings is 1. The standard InChI is InChI=1S/C13H18ClFN2/c1-13(2)4-3-5-17(9-13)12-10(7-14)6-11(15)8-16-12/h6,8H,3-5,7,9H2,1-2H3. The molecule has 0 amide bonds. The van der Waals surface area contributed by atoms with Crippen LogP contribution < -0.4 is 4.90 Å². The van der Waals surface area contributed by atoms with E-state index in [4.69, 9.17) is 11.6 Å². The lowest BCUT2D eigenvalue weighted by Gasteiger charge is -2.39. The summed E-state index contributed by atoms with van der Waals surface area (Å²) in [7, 11) is 0. The Balaban J connectivity index is 2.27. The molecule has 4 heteroatoms. The summed E-state index contributed by atoms with van der Waals surface area (Å²) in [6.45, 7) is 6.44. The highest BCUT2D eigenvalue weighted by Crippen LogP contribution is 2.32. The second-order valence-electron chi connectivity index (χ2n) is 5.46. The molecule has 94 valence electrons. The number of piperidine rings is 1. The number of hydrogen-bond acceptors (Lipinski definition) is 2. The molecule has 1 saturated heterocycles. The van der Waals surface area contributed by atoms with Crippen molar-refractivity contribution in [2.24, 2.45) is 5.41 Å². The van der Waals surface area contributed by atoms with Crippen LogP contribution in [0.1, 0.15) is 32.3 Å². The molecule has 1 aliphatic rings. The normalized spacial score (nSPS) is 19.4. The lowest BCUT2D eigenvalue weighted by molar-refractivity contribution is 0.292. The van der Waals surface area contributed by atoms with Gasteiger partial charge in [-0.3, -0.25) is 0 Å². The predicted octanol–water partition coefficient (Wildman–Crippen LogP) is 3.59. The molecule has 1 aliphatic heterocycles. The highest BCUT2D eigenvalue weighted by molar-refractivity contribution is 6.17. The van der Waals surface area contributed by atoms with Gasteiger partial charge in [0.1, 0.15) is 11.6 Å². The van der Waals surface area contributed by atoms with Crippen molar-refractivity contribution in [1.82, 2.24) is 4.98 Å². The van der Waals surface area contributed by atoms with Crippen molar-refractivity contribution in [3.05, 3.63) is 23.6 Å². The first-order valence-electron chi connectivity index (χ1n) is 5.97. The Morgan fingerprint density at radius 1 is 1.53 bits per heavy atom. The first kappa shape index (κ1) is 12.6. The van der Waals surface area contributed by atoms with E-state index in [0.717, 1.165) is 30.9 Å². The van der Waals surface area contributed by atoms with Crippen LogP contribution in [-0.2, 0) is 5.88 Å². The maximum Gasteiger partial charge on any atom is 0.141 e. The first-order chi connectivity index (χ1) is 8.02. The number of nitrogens with zero attached hydrogens (tertiary/aromatic N) is 2. The molecule has 2 nitrogen and oxygen atoms in total. The number of hydrogen-bond donors (Lipinski definition) is 0. The Morgan fingerprint density at radius 2 is 2.29 bits per heavy atom. The Labute approximate surface area is 107 Å². The highest BCUT2D eigenvalue weighted by Gasteiger charge is 2.28. The fourth-order valence-corrected chi connectivity index (χ4v) is 2.66. The van der Waals surface area contributed by atoms with Gasteiger partial charge in [0.2, 0.25) is 0 Å². The molecule has 0 spiro atoms. The van der Waals surface area contributed by atoms with E-state index < -0.39 is 0 Å². The lowest BCUT2D eigenvalue weighted by Crippen LogP contribution is -2.41. The van der Waals surface area contributed by atoms with E-state index in [2.05, 4.69) is 23.7 Å². The van der Waals surface area contributed by atoms with Crippen molar-refractivity contribution in [1.29, 1.82) is 0 Å². The maximum atomic E-state index is 13.1. The van der Waals surface area contributed by atoms with Gasteiger partial charge in [-0.2, -0.15) is 0 Å². The van der Waals surface area contributed by atoms with Gasteiger partial charge in [0.25, 0.3) is 0 Å². The minimum Gasteiger partial charge on any atom is -0.356 e. The quantitative estimate of drug-likeness (QED) is 0.752. The Morgan fingerprint density at radius 3 is 2.94 bits per heavy atom. The molecule has 0 aliphatic carbocycles. The summed E-state index contributed by atoms with van der Waals surface area (Å²) >= 11 is 5.86. The van der Waals surface area contributed by atoms with Crippen LogP contribution in [0.25, 0.3) is 0 Å². The van der Waals surface area contributed by atoms with Crippen molar-refractivity contribution in [3.63, 3.8) is 0 Å². The SMILES string of the molecule is CC1(C)CCCN(c2ncc(F)cc2CCl)C1. The van der Waals surface area contributed by atoms with Crippen LogP contribution in [0, 0.1) is 11.2 Å². The Bertz CT molecular complexity index is 406. The van der Waals surface area contributed by atoms with E-state index in [0.29, 0.717) is 5.88 Å². The number of anilines is 1. The van der Waals surface area contributed by atoms with Crippen LogP contribution in [0.5, 0.6) is 0 Å². The van der Waals surface area contributed by atoms with E-state index in [1.807, 2.05) is 0 Å². The molecule has 2 rings (SSSR count). The molecule has 1 fully saturated rings. The van der Waals surface area contributed by atoms with Gasteiger partial charge < -0.3 is 4.90 Å². The summed E-state index contributed by atoms with van der Waals surface area (Å²) in [5.74, 6) is 0.826. The summed E-state index contributed by atoms with van der Waals surface area (Å²) < 4.78 is 13.1. The van der Waals surface area contributed by atoms with E-state index in [1.54, 1.807) is 0 Å². The van der Waals surface area contributed by atoms with Crippen molar-refractivity contribution in [3.8, 4) is 0 Å². The molecule has 2 heterocycles. The summed E-state index contributed by atoms with van der Waals surface area (Å²) in [5, 5.41) is 0. The molecule has 0 saturated carbocycles. The summed E-state index contributed by atoms with van der Waals surface area (Å²) in [6, 6.07) is 1.48. The number of halogens is 2. The van der Waals surface area contributed by atoms with E-state index >= 15 is 0 Å². The predicted molar refractivity (Wildman–Crippen MR) is 69.0 cm³/mol. The van der Waals surface area contributed by atoms with Gasteiger partial charge in [0.15, 0.2) is 0 Å². The van der Waals surface area contributed by atoms with Gasteiger partial charge in [-0.05, 0) is 24.3 Å². The van der Waals surface area contributed by atoms with Gasteiger partial charge in [0, 0.05) is 18.7 Å². The molecule has 0 N–H and O–H groups in total. The van der Waals surface area contributed by atoms with Crippen LogP contribution in [0.4, 0.5) is 10.2 Å². The molecule has 0 bridgehead atoms. The minimum atomic E-state index is -0.319. The molecule has 0 radical (unpaired) electrons. The zero-order valence-corrected chi connectivity index (χ0v) is 11.1. The zero-order chi connectivity index (χ0) is 12.5. The molecule has 0 unspecified atom stereocenters. The topological polar surface area (TPSA) is 16.1 Å². The number of rotatable bonds is 2. The monoisotopic (exact) mass is 256 g/mol. The summed E-state index contributed by atoms with van der Waals surface area (Å²) in [4.78, 5) is 6.43. The largest absolute Gasteiger partial charge is 0.356 e.